The van der Waals surface area contributed by atoms with Gasteiger partial charge in [-0.15, -0.1) is 5.10 Å². The molecular weight excluding hydrogens is 335 g/mol. The van der Waals surface area contributed by atoms with Gasteiger partial charge in [-0.3, -0.25) is 0 Å². The molecule has 1 aromatic heterocycles. The van der Waals surface area contributed by atoms with Gasteiger partial charge in [0.2, 0.25) is 4.77 Å². The Morgan fingerprint density at radius 1 is 1.16 bits per heavy atom. The van der Waals surface area contributed by atoms with Gasteiger partial charge in [0.05, 0.1) is 7.05 Å². The van der Waals surface area contributed by atoms with Crippen LogP contribution >= 0.6 is 12.2 Å². The molecule has 1 atom stereocenters. The first-order valence-electron chi connectivity index (χ1n) is 8.21. The molecule has 0 aliphatic rings. The van der Waals surface area contributed by atoms with E-state index >= 15 is 0 Å². The molecule has 3 aromatic rings. The second-order valence-corrected chi connectivity index (χ2v) is 6.77. The van der Waals surface area contributed by atoms with Crippen molar-refractivity contribution in [2.75, 3.05) is 7.05 Å². The number of hydrogen-bond donors (Lipinski definition) is 1. The largest absolute Gasteiger partial charge is 0.315 e. The fourth-order valence-corrected chi connectivity index (χ4v) is 3.15. The molecule has 130 valence electrons. The third-order valence-electron chi connectivity index (χ3n) is 4.24. The molecule has 25 heavy (non-hydrogen) atoms. The monoisotopic (exact) mass is 357 g/mol. The van der Waals surface area contributed by atoms with E-state index in [9.17, 15) is 4.39 Å². The summed E-state index contributed by atoms with van der Waals surface area (Å²) in [5.74, 6) is 0.656. The summed E-state index contributed by atoms with van der Waals surface area (Å²) in [5, 5.41) is 4.72. The van der Waals surface area contributed by atoms with E-state index in [1.165, 1.54) is 16.5 Å². The van der Waals surface area contributed by atoms with E-state index in [4.69, 9.17) is 17.3 Å². The van der Waals surface area contributed by atoms with Crippen LogP contribution < -0.4 is 4.90 Å². The zero-order valence-corrected chi connectivity index (χ0v) is 15.5. The third-order valence-corrected chi connectivity index (χ3v) is 4.73. The predicted octanol–water partition coefficient (Wildman–Crippen LogP) is 2.74. The van der Waals surface area contributed by atoms with Crippen molar-refractivity contribution in [2.45, 2.75) is 20.1 Å². The number of benzene rings is 2. The lowest BCUT2D eigenvalue weighted by atomic mass is 10.1. The first-order valence-corrected chi connectivity index (χ1v) is 8.62. The van der Waals surface area contributed by atoms with Crippen LogP contribution in [-0.4, -0.2) is 21.4 Å². The Kier molecular flexibility index (Phi) is 5.11. The van der Waals surface area contributed by atoms with Crippen molar-refractivity contribution in [3.63, 3.8) is 0 Å². The van der Waals surface area contributed by atoms with Crippen LogP contribution in [0.3, 0.4) is 0 Å². The summed E-state index contributed by atoms with van der Waals surface area (Å²) in [4.78, 5) is 1.18. The SMILES string of the molecule is Cc1ccccc1-c1nn(C[NH+](C)Cc2cccc(F)c2)c(=S)n1C. The van der Waals surface area contributed by atoms with Crippen LogP contribution in [0.1, 0.15) is 11.1 Å². The highest BCUT2D eigenvalue weighted by Crippen LogP contribution is 2.20. The van der Waals surface area contributed by atoms with Crippen molar-refractivity contribution in [1.82, 2.24) is 14.3 Å². The summed E-state index contributed by atoms with van der Waals surface area (Å²) in [5.41, 5.74) is 3.20. The molecule has 2 aromatic carbocycles. The first kappa shape index (κ1) is 17.5. The van der Waals surface area contributed by atoms with Crippen LogP contribution in [0, 0.1) is 17.5 Å². The van der Waals surface area contributed by atoms with Crippen LogP contribution in [0.25, 0.3) is 11.4 Å². The van der Waals surface area contributed by atoms with Gasteiger partial charge in [0.1, 0.15) is 12.4 Å². The second kappa shape index (κ2) is 7.29. The third kappa shape index (κ3) is 3.86. The highest BCUT2D eigenvalue weighted by Gasteiger charge is 2.14. The fourth-order valence-electron chi connectivity index (χ4n) is 2.96. The van der Waals surface area contributed by atoms with E-state index in [-0.39, 0.29) is 5.82 Å². The molecule has 0 amide bonds. The summed E-state index contributed by atoms with van der Waals surface area (Å²) in [7, 11) is 3.99. The molecule has 0 spiro atoms. The van der Waals surface area contributed by atoms with Gasteiger partial charge in [0, 0.05) is 18.2 Å². The fraction of sp³-hybridized carbons (Fsp3) is 0.263. The summed E-state index contributed by atoms with van der Waals surface area (Å²) in [6.45, 7) is 3.39. The van der Waals surface area contributed by atoms with Gasteiger partial charge in [-0.25, -0.2) is 4.39 Å². The predicted molar refractivity (Wildman–Crippen MR) is 99.2 cm³/mol. The average molecular weight is 357 g/mol. The van der Waals surface area contributed by atoms with Crippen LogP contribution in [0.2, 0.25) is 0 Å². The normalized spacial score (nSPS) is 12.3. The number of rotatable bonds is 5. The van der Waals surface area contributed by atoms with Gasteiger partial charge in [0.25, 0.3) is 0 Å². The number of hydrogen-bond acceptors (Lipinski definition) is 2. The molecule has 0 radical (unpaired) electrons. The Morgan fingerprint density at radius 2 is 1.92 bits per heavy atom. The van der Waals surface area contributed by atoms with Gasteiger partial charge in [0.15, 0.2) is 12.5 Å². The van der Waals surface area contributed by atoms with Crippen molar-refractivity contribution < 1.29 is 9.29 Å². The molecule has 3 rings (SSSR count). The molecule has 0 aliphatic heterocycles. The van der Waals surface area contributed by atoms with E-state index < -0.39 is 0 Å². The molecule has 1 N–H and O–H groups in total. The van der Waals surface area contributed by atoms with Crippen molar-refractivity contribution >= 4 is 12.2 Å². The Bertz CT molecular complexity index is 945. The van der Waals surface area contributed by atoms with Crippen molar-refractivity contribution in [3.05, 3.63) is 70.2 Å². The molecular formula is C19H22FN4S+. The van der Waals surface area contributed by atoms with Crippen LogP contribution in [0.5, 0.6) is 0 Å². The van der Waals surface area contributed by atoms with Gasteiger partial charge >= 0.3 is 0 Å². The van der Waals surface area contributed by atoms with Crippen LogP contribution in [0.15, 0.2) is 48.5 Å². The van der Waals surface area contributed by atoms with E-state index in [1.807, 2.05) is 34.5 Å². The Morgan fingerprint density at radius 3 is 2.64 bits per heavy atom. The lowest BCUT2D eigenvalue weighted by Crippen LogP contribution is -3.07. The minimum absolute atomic E-state index is 0.207. The Balaban J connectivity index is 1.83. The number of nitrogens with one attached hydrogen (secondary N) is 1. The van der Waals surface area contributed by atoms with E-state index in [2.05, 4.69) is 26.1 Å². The number of aromatic nitrogens is 3. The topological polar surface area (TPSA) is 27.2 Å². The lowest BCUT2D eigenvalue weighted by molar-refractivity contribution is -0.917. The maximum atomic E-state index is 13.3. The summed E-state index contributed by atoms with van der Waals surface area (Å²) >= 11 is 5.55. The lowest BCUT2D eigenvalue weighted by Gasteiger charge is -2.13. The standard InChI is InChI=1S/C19H21FN4S/c1-14-7-4-5-10-17(14)18-21-24(19(25)23(18)3)13-22(2)12-15-8-6-9-16(20)11-15/h4-11H,12-13H2,1-3H3/p+1. The highest BCUT2D eigenvalue weighted by atomic mass is 32.1. The second-order valence-electron chi connectivity index (χ2n) is 6.40. The highest BCUT2D eigenvalue weighted by molar-refractivity contribution is 7.71. The zero-order chi connectivity index (χ0) is 18.0. The minimum atomic E-state index is -0.207. The van der Waals surface area contributed by atoms with Gasteiger partial charge < -0.3 is 9.47 Å². The van der Waals surface area contributed by atoms with Gasteiger partial charge in [-0.05, 0) is 36.8 Å². The summed E-state index contributed by atoms with van der Waals surface area (Å²) < 4.78 is 17.8. The van der Waals surface area contributed by atoms with Crippen LogP contribution in [-0.2, 0) is 20.3 Å². The number of aryl methyl sites for hydroxylation is 1. The maximum Gasteiger partial charge on any atom is 0.202 e. The molecule has 0 saturated carbocycles. The van der Waals surface area contributed by atoms with Gasteiger partial charge in [-0.1, -0.05) is 36.4 Å². The van der Waals surface area contributed by atoms with E-state index in [1.54, 1.807) is 12.1 Å². The summed E-state index contributed by atoms with van der Waals surface area (Å²) in [6, 6.07) is 14.8. The average Bonchev–Trinajstić information content (AvgIpc) is 2.83. The Labute approximate surface area is 152 Å². The first-order chi connectivity index (χ1) is 12.0. The minimum Gasteiger partial charge on any atom is -0.315 e. The molecule has 0 bridgehead atoms. The van der Waals surface area contributed by atoms with E-state index in [0.717, 1.165) is 17.0 Å². The molecule has 0 fully saturated rings. The molecule has 6 heteroatoms. The molecule has 1 unspecified atom stereocenters. The zero-order valence-electron chi connectivity index (χ0n) is 14.7. The molecule has 0 aliphatic carbocycles. The maximum absolute atomic E-state index is 13.3. The van der Waals surface area contributed by atoms with Gasteiger partial charge in [-0.2, -0.15) is 4.68 Å². The van der Waals surface area contributed by atoms with Crippen molar-refractivity contribution in [1.29, 1.82) is 0 Å². The molecule has 0 saturated heterocycles. The van der Waals surface area contributed by atoms with Crippen molar-refractivity contribution in [3.8, 4) is 11.4 Å². The van der Waals surface area contributed by atoms with Crippen LogP contribution in [0.4, 0.5) is 4.39 Å². The Hall–Kier alpha value is -2.31. The smallest absolute Gasteiger partial charge is 0.202 e. The number of halogens is 1. The molecule has 1 heterocycles. The summed E-state index contributed by atoms with van der Waals surface area (Å²) in [6.07, 6.45) is 0. The van der Waals surface area contributed by atoms with E-state index in [0.29, 0.717) is 18.0 Å². The van der Waals surface area contributed by atoms with Crippen molar-refractivity contribution in [2.24, 2.45) is 7.05 Å². The number of quaternary nitrogens is 1. The number of nitrogens with zero attached hydrogens (tertiary/aromatic N) is 3. The quantitative estimate of drug-likeness (QED) is 0.711. The molecule has 4 nitrogen and oxygen atoms in total.